The normalized spacial score (nSPS) is 21.1. The van der Waals surface area contributed by atoms with Gasteiger partial charge < -0.3 is 23.7 Å². The highest BCUT2D eigenvalue weighted by atomic mass is 16.6. The van der Waals surface area contributed by atoms with Crippen molar-refractivity contribution >= 4 is 18.0 Å². The van der Waals surface area contributed by atoms with Crippen molar-refractivity contribution in [3.05, 3.63) is 23.8 Å². The van der Waals surface area contributed by atoms with Gasteiger partial charge in [0, 0.05) is 6.08 Å². The minimum Gasteiger partial charge on any atom is -0.493 e. The third-order valence-corrected chi connectivity index (χ3v) is 5.68. The highest BCUT2D eigenvalue weighted by molar-refractivity contribution is 5.88. The Kier molecular flexibility index (Phi) is 9.21. The van der Waals surface area contributed by atoms with E-state index in [-0.39, 0.29) is 6.10 Å². The highest BCUT2D eigenvalue weighted by Crippen LogP contribution is 2.38. The molecule has 0 radical (unpaired) electrons. The Balaban J connectivity index is 1.92. The third-order valence-electron chi connectivity index (χ3n) is 5.68. The number of methoxy groups -OCH3 is 3. The van der Waals surface area contributed by atoms with Crippen molar-refractivity contribution in [2.45, 2.75) is 46.1 Å². The van der Waals surface area contributed by atoms with E-state index in [0.717, 1.165) is 19.3 Å². The molecule has 1 aromatic rings. The molecule has 0 amide bonds. The number of benzene rings is 1. The van der Waals surface area contributed by atoms with Crippen LogP contribution in [0.1, 0.15) is 45.6 Å². The van der Waals surface area contributed by atoms with E-state index in [1.165, 1.54) is 27.4 Å². The summed E-state index contributed by atoms with van der Waals surface area (Å²) < 4.78 is 26.6. The summed E-state index contributed by atoms with van der Waals surface area (Å²) in [5, 5.41) is 0. The Bertz CT molecular complexity index is 759. The lowest BCUT2D eigenvalue weighted by Crippen LogP contribution is -2.36. The smallest absolute Gasteiger partial charge is 0.344 e. The lowest BCUT2D eigenvalue weighted by Gasteiger charge is -2.36. The van der Waals surface area contributed by atoms with E-state index in [0.29, 0.717) is 40.6 Å². The first-order valence-electron chi connectivity index (χ1n) is 10.6. The van der Waals surface area contributed by atoms with Gasteiger partial charge in [0.25, 0.3) is 0 Å². The summed E-state index contributed by atoms with van der Waals surface area (Å²) in [6.45, 7) is 6.06. The summed E-state index contributed by atoms with van der Waals surface area (Å²) in [6.07, 6.45) is 5.73. The topological polar surface area (TPSA) is 80.3 Å². The van der Waals surface area contributed by atoms with Gasteiger partial charge in [-0.15, -0.1) is 0 Å². The molecular weight excluding hydrogens is 400 g/mol. The number of ether oxygens (including phenoxy) is 5. The molecule has 1 aliphatic carbocycles. The Morgan fingerprint density at radius 1 is 1.06 bits per heavy atom. The number of hydrogen-bond acceptors (Lipinski definition) is 7. The van der Waals surface area contributed by atoms with E-state index >= 15 is 0 Å². The molecule has 7 heteroatoms. The Labute approximate surface area is 184 Å². The van der Waals surface area contributed by atoms with Gasteiger partial charge in [-0.25, -0.2) is 9.59 Å². The molecular formula is C24H34O7. The van der Waals surface area contributed by atoms with Crippen LogP contribution < -0.4 is 14.2 Å². The first kappa shape index (κ1) is 24.6. The second-order valence-electron chi connectivity index (χ2n) is 8.25. The van der Waals surface area contributed by atoms with Gasteiger partial charge in [-0.1, -0.05) is 27.2 Å². The van der Waals surface area contributed by atoms with E-state index < -0.39 is 18.5 Å². The maximum absolute atomic E-state index is 12.2. The zero-order chi connectivity index (χ0) is 23.0. The molecule has 1 fully saturated rings. The monoisotopic (exact) mass is 434 g/mol. The van der Waals surface area contributed by atoms with Gasteiger partial charge in [0.1, 0.15) is 6.10 Å². The molecule has 31 heavy (non-hydrogen) atoms. The second-order valence-corrected chi connectivity index (χ2v) is 8.25. The van der Waals surface area contributed by atoms with Crippen molar-refractivity contribution in [3.8, 4) is 17.2 Å². The quantitative estimate of drug-likeness (QED) is 0.424. The van der Waals surface area contributed by atoms with Crippen molar-refractivity contribution in [1.82, 2.24) is 0 Å². The van der Waals surface area contributed by atoms with Crippen LogP contribution in [0.25, 0.3) is 6.08 Å². The predicted octanol–water partition coefficient (Wildman–Crippen LogP) is 4.27. The second kappa shape index (κ2) is 11.6. The molecule has 172 valence electrons. The Morgan fingerprint density at radius 2 is 1.71 bits per heavy atom. The highest BCUT2D eigenvalue weighted by Gasteiger charge is 2.33. The molecule has 3 atom stereocenters. The van der Waals surface area contributed by atoms with Crippen LogP contribution in [0.2, 0.25) is 0 Å². The van der Waals surface area contributed by atoms with Crippen molar-refractivity contribution in [3.63, 3.8) is 0 Å². The van der Waals surface area contributed by atoms with Gasteiger partial charge in [0.05, 0.1) is 21.3 Å². The predicted molar refractivity (Wildman–Crippen MR) is 117 cm³/mol. The van der Waals surface area contributed by atoms with Crippen molar-refractivity contribution in [1.29, 1.82) is 0 Å². The summed E-state index contributed by atoms with van der Waals surface area (Å²) in [5.74, 6) is 1.56. The van der Waals surface area contributed by atoms with Crippen LogP contribution in [0.4, 0.5) is 0 Å². The largest absolute Gasteiger partial charge is 0.493 e. The van der Waals surface area contributed by atoms with E-state index in [1.54, 1.807) is 18.2 Å². The average molecular weight is 435 g/mol. The maximum Gasteiger partial charge on any atom is 0.344 e. The number of carbonyl (C=O) groups excluding carboxylic acids is 2. The van der Waals surface area contributed by atoms with Crippen LogP contribution in [0, 0.1) is 17.8 Å². The summed E-state index contributed by atoms with van der Waals surface area (Å²) in [5.41, 5.74) is 0.657. The molecule has 0 aromatic heterocycles. The van der Waals surface area contributed by atoms with Gasteiger partial charge in [0.2, 0.25) is 5.75 Å². The molecule has 2 rings (SSSR count). The van der Waals surface area contributed by atoms with Crippen LogP contribution in [0.5, 0.6) is 17.2 Å². The molecule has 0 heterocycles. The van der Waals surface area contributed by atoms with Crippen molar-refractivity contribution < 1.29 is 33.3 Å². The number of hydrogen-bond donors (Lipinski definition) is 0. The van der Waals surface area contributed by atoms with E-state index in [2.05, 4.69) is 20.8 Å². The van der Waals surface area contributed by atoms with E-state index in [4.69, 9.17) is 23.7 Å². The first-order chi connectivity index (χ1) is 14.8. The number of rotatable bonds is 9. The fourth-order valence-corrected chi connectivity index (χ4v) is 3.99. The maximum atomic E-state index is 12.2. The average Bonchev–Trinajstić information content (AvgIpc) is 2.75. The zero-order valence-electron chi connectivity index (χ0n) is 19.3. The van der Waals surface area contributed by atoms with Crippen LogP contribution in [0.15, 0.2) is 18.2 Å². The van der Waals surface area contributed by atoms with Gasteiger partial charge in [-0.05, 0) is 54.4 Å². The van der Waals surface area contributed by atoms with Gasteiger partial charge in [-0.2, -0.15) is 0 Å². The molecule has 1 aromatic carbocycles. The standard InChI is InChI=1S/C24H34O7/c1-15(2)18-9-7-16(3)11-19(18)31-23(26)14-30-22(25)10-8-17-12-20(27-4)24(29-6)21(13-17)28-5/h8,10,12-13,15-16,18-19H,7,9,11,14H2,1-6H3/b10-8+/t16-,18-,19+/m0/s1. The number of esters is 2. The summed E-state index contributed by atoms with van der Waals surface area (Å²) in [4.78, 5) is 24.3. The van der Waals surface area contributed by atoms with Crippen LogP contribution in [-0.4, -0.2) is 46.0 Å². The minimum absolute atomic E-state index is 0.121. The van der Waals surface area contributed by atoms with Crippen molar-refractivity contribution in [2.75, 3.05) is 27.9 Å². The van der Waals surface area contributed by atoms with E-state index in [1.807, 2.05) is 0 Å². The molecule has 1 saturated carbocycles. The minimum atomic E-state index is -0.636. The SMILES string of the molecule is COc1cc(/C=C/C(=O)OCC(=O)O[C@@H]2C[C@@H](C)CC[C@H]2C(C)C)cc(OC)c1OC. The molecule has 0 aliphatic heterocycles. The fourth-order valence-electron chi connectivity index (χ4n) is 3.99. The zero-order valence-corrected chi connectivity index (χ0v) is 19.3. The molecule has 0 bridgehead atoms. The fraction of sp³-hybridized carbons (Fsp3) is 0.583. The molecule has 0 N–H and O–H groups in total. The van der Waals surface area contributed by atoms with E-state index in [9.17, 15) is 9.59 Å². The molecule has 0 saturated heterocycles. The van der Waals surface area contributed by atoms with Crippen molar-refractivity contribution in [2.24, 2.45) is 17.8 Å². The van der Waals surface area contributed by atoms with Crippen LogP contribution in [-0.2, 0) is 19.1 Å². The molecule has 0 unspecified atom stereocenters. The Hall–Kier alpha value is -2.70. The van der Waals surface area contributed by atoms with Crippen LogP contribution in [0.3, 0.4) is 0 Å². The van der Waals surface area contributed by atoms with Gasteiger partial charge in [0.15, 0.2) is 18.1 Å². The Morgan fingerprint density at radius 3 is 2.26 bits per heavy atom. The first-order valence-corrected chi connectivity index (χ1v) is 10.6. The summed E-state index contributed by atoms with van der Waals surface area (Å²) >= 11 is 0. The lowest BCUT2D eigenvalue weighted by atomic mass is 9.75. The van der Waals surface area contributed by atoms with Gasteiger partial charge >= 0.3 is 11.9 Å². The summed E-state index contributed by atoms with van der Waals surface area (Å²) in [6, 6.07) is 3.41. The lowest BCUT2D eigenvalue weighted by molar-refractivity contribution is -0.165. The van der Waals surface area contributed by atoms with Crippen LogP contribution >= 0.6 is 0 Å². The molecule has 1 aliphatic rings. The number of carbonyl (C=O) groups is 2. The molecule has 0 spiro atoms. The summed E-state index contributed by atoms with van der Waals surface area (Å²) in [7, 11) is 4.55. The third kappa shape index (κ3) is 6.91. The van der Waals surface area contributed by atoms with Gasteiger partial charge in [-0.3, -0.25) is 0 Å². The molecule has 7 nitrogen and oxygen atoms in total.